The van der Waals surface area contributed by atoms with Crippen LogP contribution in [0.5, 0.6) is 0 Å². The van der Waals surface area contributed by atoms with Gasteiger partial charge in [-0.05, 0) is 75.2 Å². The van der Waals surface area contributed by atoms with Crippen molar-refractivity contribution in [1.82, 2.24) is 10.6 Å². The zero-order valence-corrected chi connectivity index (χ0v) is 21.7. The molecular formula is C23H40N2O9. The van der Waals surface area contributed by atoms with Gasteiger partial charge >= 0.3 is 24.0 Å². The lowest BCUT2D eigenvalue weighted by Gasteiger charge is -2.26. The van der Waals surface area contributed by atoms with Crippen LogP contribution in [0.2, 0.25) is 0 Å². The van der Waals surface area contributed by atoms with E-state index in [1.807, 2.05) is 0 Å². The van der Waals surface area contributed by atoms with E-state index in [0.717, 1.165) is 0 Å². The maximum atomic E-state index is 12.6. The van der Waals surface area contributed by atoms with Crippen LogP contribution in [0.1, 0.15) is 88.0 Å². The molecule has 0 spiro atoms. The highest BCUT2D eigenvalue weighted by molar-refractivity contribution is 5.86. The number of nitrogens with one attached hydrogen (secondary N) is 2. The van der Waals surface area contributed by atoms with Gasteiger partial charge < -0.3 is 30.0 Å². The molecule has 0 unspecified atom stereocenters. The highest BCUT2D eigenvalue weighted by atomic mass is 16.6. The zero-order chi connectivity index (χ0) is 26.9. The van der Waals surface area contributed by atoms with Crippen LogP contribution < -0.4 is 10.6 Å². The van der Waals surface area contributed by atoms with E-state index in [-0.39, 0.29) is 25.7 Å². The molecule has 0 aromatic rings. The molecule has 2 amide bonds. The molecule has 11 heteroatoms. The number of alkyl carbamates (subject to hydrolysis) is 1. The molecule has 0 saturated heterocycles. The highest BCUT2D eigenvalue weighted by Gasteiger charge is 2.31. The van der Waals surface area contributed by atoms with Gasteiger partial charge in [0.2, 0.25) is 5.91 Å². The minimum absolute atomic E-state index is 0.139. The summed E-state index contributed by atoms with van der Waals surface area (Å²) < 4.78 is 15.8. The molecule has 11 nitrogen and oxygen atoms in total. The lowest BCUT2D eigenvalue weighted by atomic mass is 10.1. The van der Waals surface area contributed by atoms with Crippen molar-refractivity contribution in [3.63, 3.8) is 0 Å². The Balaban J connectivity index is 5.31. The second-order valence-electron chi connectivity index (χ2n) is 10.9. The Morgan fingerprint density at radius 1 is 0.647 bits per heavy atom. The lowest BCUT2D eigenvalue weighted by Crippen LogP contribution is -2.47. The Kier molecular flexibility index (Phi) is 11.5. The fraction of sp³-hybridized carbons (Fsp3) is 0.783. The van der Waals surface area contributed by atoms with Crippen LogP contribution in [0.15, 0.2) is 0 Å². The van der Waals surface area contributed by atoms with Gasteiger partial charge in [-0.1, -0.05) is 0 Å². The van der Waals surface area contributed by atoms with Crippen LogP contribution in [-0.2, 0) is 33.4 Å². The number of rotatable bonds is 10. The van der Waals surface area contributed by atoms with Crippen LogP contribution in [0.4, 0.5) is 4.79 Å². The van der Waals surface area contributed by atoms with Crippen molar-refractivity contribution in [2.45, 2.75) is 117 Å². The van der Waals surface area contributed by atoms with Gasteiger partial charge in [0.15, 0.2) is 0 Å². The first kappa shape index (κ1) is 31.1. The van der Waals surface area contributed by atoms with Gasteiger partial charge in [-0.3, -0.25) is 9.59 Å². The molecule has 196 valence electrons. The summed E-state index contributed by atoms with van der Waals surface area (Å²) in [4.78, 5) is 60.6. The van der Waals surface area contributed by atoms with Crippen LogP contribution in [0.25, 0.3) is 0 Å². The van der Waals surface area contributed by atoms with E-state index in [9.17, 15) is 24.0 Å². The standard InChI is InChI=1S/C23H40N2O9/c1-21(2,3)32-18(29)14(11-13-17(27)28)24-16(26)12-10-15(19(30)33-22(4,5)6)25-20(31)34-23(7,8)9/h14-15H,10-13H2,1-9H3,(H,24,26)(H,25,31)(H,27,28)/t14-,15-/m0/s1. The predicted molar refractivity (Wildman–Crippen MR) is 123 cm³/mol. The van der Waals surface area contributed by atoms with Gasteiger partial charge in [-0.2, -0.15) is 0 Å². The number of hydrogen-bond donors (Lipinski definition) is 3. The van der Waals surface area contributed by atoms with Gasteiger partial charge in [-0.15, -0.1) is 0 Å². The Hall–Kier alpha value is -2.85. The molecule has 0 aliphatic heterocycles. The molecule has 0 rings (SSSR count). The third-order valence-electron chi connectivity index (χ3n) is 3.72. The number of carboxylic acid groups (broad SMARTS) is 1. The average Bonchev–Trinajstić information content (AvgIpc) is 2.57. The number of carboxylic acids is 1. The first-order valence-corrected chi connectivity index (χ1v) is 11.1. The summed E-state index contributed by atoms with van der Waals surface area (Å²) in [5, 5.41) is 13.8. The van der Waals surface area contributed by atoms with E-state index in [1.165, 1.54) is 0 Å². The largest absolute Gasteiger partial charge is 0.481 e. The Morgan fingerprint density at radius 3 is 1.41 bits per heavy atom. The molecule has 0 aliphatic rings. The second-order valence-corrected chi connectivity index (χ2v) is 10.9. The first-order valence-electron chi connectivity index (χ1n) is 11.1. The molecule has 2 atom stereocenters. The number of ether oxygens (including phenoxy) is 3. The molecule has 0 aliphatic carbocycles. The minimum atomic E-state index is -1.18. The third-order valence-corrected chi connectivity index (χ3v) is 3.72. The molecule has 0 saturated carbocycles. The van der Waals surface area contributed by atoms with Gasteiger partial charge in [-0.25, -0.2) is 14.4 Å². The van der Waals surface area contributed by atoms with Crippen molar-refractivity contribution in [2.75, 3.05) is 0 Å². The lowest BCUT2D eigenvalue weighted by molar-refractivity contribution is -0.160. The van der Waals surface area contributed by atoms with Crippen LogP contribution in [0.3, 0.4) is 0 Å². The number of esters is 2. The van der Waals surface area contributed by atoms with E-state index >= 15 is 0 Å². The highest BCUT2D eigenvalue weighted by Crippen LogP contribution is 2.14. The van der Waals surface area contributed by atoms with Gasteiger partial charge in [0.1, 0.15) is 28.9 Å². The summed E-state index contributed by atoms with van der Waals surface area (Å²) in [6.07, 6.45) is -1.77. The monoisotopic (exact) mass is 488 g/mol. The zero-order valence-electron chi connectivity index (χ0n) is 21.7. The average molecular weight is 489 g/mol. The smallest absolute Gasteiger partial charge is 0.408 e. The van der Waals surface area contributed by atoms with Gasteiger partial charge in [0.05, 0.1) is 0 Å². The summed E-state index contributed by atoms with van der Waals surface area (Å²) in [5.74, 6) is -3.27. The van der Waals surface area contributed by atoms with Crippen molar-refractivity contribution < 1.29 is 43.3 Å². The summed E-state index contributed by atoms with van der Waals surface area (Å²) in [6, 6.07) is -2.36. The Morgan fingerprint density at radius 2 is 1.03 bits per heavy atom. The molecule has 3 N–H and O–H groups in total. The summed E-state index contributed by atoms with van der Waals surface area (Å²) in [7, 11) is 0. The number of carbonyl (C=O) groups is 5. The molecule has 0 heterocycles. The fourth-order valence-corrected chi connectivity index (χ4v) is 2.50. The molecule has 0 fully saturated rings. The van der Waals surface area contributed by atoms with E-state index < -0.39 is 58.8 Å². The maximum absolute atomic E-state index is 12.6. The van der Waals surface area contributed by atoms with E-state index in [1.54, 1.807) is 62.3 Å². The van der Waals surface area contributed by atoms with Gasteiger partial charge in [0.25, 0.3) is 0 Å². The summed E-state index contributed by atoms with van der Waals surface area (Å²) >= 11 is 0. The second kappa shape index (κ2) is 12.6. The Bertz CT molecular complexity index is 743. The Labute approximate surface area is 201 Å². The quantitative estimate of drug-likeness (QED) is 0.310. The SMILES string of the molecule is CC(C)(C)OC(=O)N[C@@H](CCC(=O)N[C@@H](CCC(=O)O)C(=O)OC(C)(C)C)C(=O)OC(C)(C)C. The molecule has 0 bridgehead atoms. The molecule has 0 aromatic heterocycles. The van der Waals surface area contributed by atoms with E-state index in [0.29, 0.717) is 0 Å². The van der Waals surface area contributed by atoms with Crippen molar-refractivity contribution in [3.05, 3.63) is 0 Å². The minimum Gasteiger partial charge on any atom is -0.481 e. The third kappa shape index (κ3) is 15.9. The molecule has 0 aromatic carbocycles. The first-order chi connectivity index (χ1) is 15.2. The van der Waals surface area contributed by atoms with Crippen molar-refractivity contribution in [2.24, 2.45) is 0 Å². The summed E-state index contributed by atoms with van der Waals surface area (Å²) in [5.41, 5.74) is -2.46. The number of hydrogen-bond acceptors (Lipinski definition) is 8. The fourth-order valence-electron chi connectivity index (χ4n) is 2.50. The van der Waals surface area contributed by atoms with E-state index in [2.05, 4.69) is 10.6 Å². The van der Waals surface area contributed by atoms with Crippen molar-refractivity contribution in [3.8, 4) is 0 Å². The number of aliphatic carboxylic acids is 1. The van der Waals surface area contributed by atoms with Crippen LogP contribution >= 0.6 is 0 Å². The predicted octanol–water partition coefficient (Wildman–Crippen LogP) is 2.69. The van der Waals surface area contributed by atoms with Crippen LogP contribution in [0, 0.1) is 0 Å². The molecule has 34 heavy (non-hydrogen) atoms. The maximum Gasteiger partial charge on any atom is 0.408 e. The number of carbonyl (C=O) groups excluding carboxylic acids is 4. The van der Waals surface area contributed by atoms with Crippen LogP contribution in [-0.4, -0.2) is 63.9 Å². The summed E-state index contributed by atoms with van der Waals surface area (Å²) in [6.45, 7) is 14.9. The molecular weight excluding hydrogens is 448 g/mol. The number of amides is 2. The topological polar surface area (TPSA) is 157 Å². The molecule has 0 radical (unpaired) electrons. The normalized spacial score (nSPS) is 13.8. The van der Waals surface area contributed by atoms with Crippen molar-refractivity contribution in [1.29, 1.82) is 0 Å². The van der Waals surface area contributed by atoms with E-state index in [4.69, 9.17) is 19.3 Å². The van der Waals surface area contributed by atoms with Gasteiger partial charge in [0, 0.05) is 12.8 Å². The van der Waals surface area contributed by atoms with Crippen molar-refractivity contribution >= 4 is 29.9 Å².